The maximum atomic E-state index is 14.2. The van der Waals surface area contributed by atoms with Crippen LogP contribution >= 0.6 is 0 Å². The molecule has 142 valence electrons. The minimum absolute atomic E-state index is 0.256. The smallest absolute Gasteiger partial charge is 0.246 e. The molecule has 0 spiro atoms. The first-order chi connectivity index (χ1) is 12.2. The van der Waals surface area contributed by atoms with Crippen molar-refractivity contribution in [3.8, 4) is 0 Å². The van der Waals surface area contributed by atoms with Crippen LogP contribution in [0.3, 0.4) is 0 Å². The Balaban J connectivity index is 1.97. The Bertz CT molecular complexity index is 908. The second-order valence-corrected chi connectivity index (χ2v) is 8.99. The minimum atomic E-state index is -3.92. The summed E-state index contributed by atoms with van der Waals surface area (Å²) in [5.74, 6) is -0.712. The predicted octanol–water partition coefficient (Wildman–Crippen LogP) is 2.46. The zero-order valence-electron chi connectivity index (χ0n) is 15.6. The molecule has 0 radical (unpaired) electrons. The number of benzene rings is 1. The number of aromatic nitrogens is 2. The van der Waals surface area contributed by atoms with Crippen LogP contribution in [0.25, 0.3) is 0 Å². The van der Waals surface area contributed by atoms with Crippen LogP contribution in [0.15, 0.2) is 29.2 Å². The van der Waals surface area contributed by atoms with Crippen molar-refractivity contribution < 1.29 is 12.8 Å². The molecule has 1 aliphatic rings. The van der Waals surface area contributed by atoms with Crippen LogP contribution in [0.4, 0.5) is 4.39 Å². The molecule has 1 atom stereocenters. The largest absolute Gasteiger partial charge is 0.304 e. The number of sulfonamides is 1. The van der Waals surface area contributed by atoms with Crippen molar-refractivity contribution in [3.05, 3.63) is 47.0 Å². The summed E-state index contributed by atoms with van der Waals surface area (Å²) in [7, 11) is 1.88. The van der Waals surface area contributed by atoms with E-state index in [-0.39, 0.29) is 10.9 Å². The van der Waals surface area contributed by atoms with E-state index < -0.39 is 15.8 Å². The number of halogens is 1. The Hall–Kier alpha value is -1.77. The van der Waals surface area contributed by atoms with Gasteiger partial charge in [0.15, 0.2) is 0 Å². The first-order valence-electron chi connectivity index (χ1n) is 8.65. The summed E-state index contributed by atoms with van der Waals surface area (Å²) < 4.78 is 43.6. The summed E-state index contributed by atoms with van der Waals surface area (Å²) in [5, 5.41) is 4.53. The first-order valence-corrected chi connectivity index (χ1v) is 10.1. The summed E-state index contributed by atoms with van der Waals surface area (Å²) in [6.45, 7) is 2.85. The van der Waals surface area contributed by atoms with E-state index in [4.69, 9.17) is 0 Å². The van der Waals surface area contributed by atoms with Crippen molar-refractivity contribution in [2.75, 3.05) is 20.6 Å². The highest BCUT2D eigenvalue weighted by molar-refractivity contribution is 7.89. The number of aryl methyl sites for hydroxylation is 2. The summed E-state index contributed by atoms with van der Waals surface area (Å²) >= 11 is 0. The molecule has 8 heteroatoms. The lowest BCUT2D eigenvalue weighted by atomic mass is 10.1. The van der Waals surface area contributed by atoms with Gasteiger partial charge in [0.05, 0.1) is 17.4 Å². The van der Waals surface area contributed by atoms with Crippen molar-refractivity contribution in [2.45, 2.75) is 37.2 Å². The van der Waals surface area contributed by atoms with E-state index in [1.54, 1.807) is 17.7 Å². The van der Waals surface area contributed by atoms with Crippen molar-refractivity contribution >= 4 is 10.0 Å². The number of nitrogens with zero attached hydrogens (tertiary/aromatic N) is 4. The van der Waals surface area contributed by atoms with E-state index in [1.165, 1.54) is 16.4 Å². The lowest BCUT2D eigenvalue weighted by Gasteiger charge is -2.23. The molecule has 6 nitrogen and oxygen atoms in total. The molecule has 0 N–H and O–H groups in total. The average molecular weight is 380 g/mol. The molecule has 1 aliphatic heterocycles. The molecule has 2 aromatic rings. The van der Waals surface area contributed by atoms with Crippen LogP contribution in [-0.2, 0) is 23.6 Å². The quantitative estimate of drug-likeness (QED) is 0.800. The van der Waals surface area contributed by atoms with Crippen molar-refractivity contribution in [3.63, 3.8) is 0 Å². The van der Waals surface area contributed by atoms with Gasteiger partial charge < -0.3 is 4.90 Å². The Morgan fingerprint density at radius 3 is 2.73 bits per heavy atom. The van der Waals surface area contributed by atoms with Gasteiger partial charge in [-0.1, -0.05) is 6.07 Å². The van der Waals surface area contributed by atoms with E-state index in [9.17, 15) is 12.8 Å². The monoisotopic (exact) mass is 380 g/mol. The number of hydrogen-bond acceptors (Lipinski definition) is 4. The molecule has 0 bridgehead atoms. The third-order valence-corrected chi connectivity index (χ3v) is 6.62. The summed E-state index contributed by atoms with van der Waals surface area (Å²) in [4.78, 5) is 1.78. The maximum absolute atomic E-state index is 14.2. The molecular formula is C18H25FN4O2S. The molecule has 1 aromatic heterocycles. The molecule has 1 saturated heterocycles. The van der Waals surface area contributed by atoms with Crippen molar-refractivity contribution in [1.29, 1.82) is 0 Å². The molecule has 3 rings (SSSR count). The second-order valence-electron chi connectivity index (χ2n) is 7.13. The van der Waals surface area contributed by atoms with Gasteiger partial charge >= 0.3 is 0 Å². The fraction of sp³-hybridized carbons (Fsp3) is 0.500. The van der Waals surface area contributed by atoms with Crippen LogP contribution in [-0.4, -0.2) is 48.0 Å². The van der Waals surface area contributed by atoms with E-state index >= 15 is 0 Å². The van der Waals surface area contributed by atoms with Gasteiger partial charge in [-0.2, -0.15) is 9.40 Å². The third kappa shape index (κ3) is 3.54. The Morgan fingerprint density at radius 2 is 2.04 bits per heavy atom. The number of hydrogen-bond donors (Lipinski definition) is 0. The minimum Gasteiger partial charge on any atom is -0.304 e. The normalized spacial score (nSPS) is 18.8. The summed E-state index contributed by atoms with van der Waals surface area (Å²) in [5.41, 5.74) is 2.45. The van der Waals surface area contributed by atoms with E-state index in [0.29, 0.717) is 18.5 Å². The molecule has 1 unspecified atom stereocenters. The van der Waals surface area contributed by atoms with Gasteiger partial charge in [0.25, 0.3) is 0 Å². The Labute approximate surface area is 154 Å². The fourth-order valence-electron chi connectivity index (χ4n) is 3.42. The zero-order chi connectivity index (χ0) is 19.1. The summed E-state index contributed by atoms with van der Waals surface area (Å²) in [6, 6.07) is 5.77. The van der Waals surface area contributed by atoms with Gasteiger partial charge in [-0.15, -0.1) is 0 Å². The Kier molecular flexibility index (Phi) is 5.18. The van der Waals surface area contributed by atoms with E-state index in [2.05, 4.69) is 5.10 Å². The van der Waals surface area contributed by atoms with Gasteiger partial charge in [0, 0.05) is 20.1 Å². The van der Waals surface area contributed by atoms with Gasteiger partial charge in [0.2, 0.25) is 10.0 Å². The SMILES string of the molecule is Cc1ccc(F)c(S(=O)(=O)N2CCCC2c2cc(CN(C)C)n(C)n2)c1. The van der Waals surface area contributed by atoms with E-state index in [1.807, 2.05) is 32.1 Å². The van der Waals surface area contributed by atoms with Gasteiger partial charge in [-0.3, -0.25) is 4.68 Å². The van der Waals surface area contributed by atoms with Gasteiger partial charge in [0.1, 0.15) is 10.7 Å². The van der Waals surface area contributed by atoms with Crippen molar-refractivity contribution in [1.82, 2.24) is 19.0 Å². The highest BCUT2D eigenvalue weighted by Gasteiger charge is 2.39. The van der Waals surface area contributed by atoms with Crippen molar-refractivity contribution in [2.24, 2.45) is 7.05 Å². The first kappa shape index (κ1) is 19.0. The Morgan fingerprint density at radius 1 is 1.31 bits per heavy atom. The van der Waals surface area contributed by atoms with Crippen LogP contribution in [0.5, 0.6) is 0 Å². The molecule has 1 aromatic carbocycles. The lowest BCUT2D eigenvalue weighted by molar-refractivity contribution is 0.383. The van der Waals surface area contributed by atoms with Crippen LogP contribution in [0.1, 0.15) is 35.8 Å². The van der Waals surface area contributed by atoms with Gasteiger partial charge in [-0.25, -0.2) is 12.8 Å². The number of rotatable bonds is 5. The zero-order valence-corrected chi connectivity index (χ0v) is 16.4. The average Bonchev–Trinajstić information content (AvgIpc) is 3.17. The predicted molar refractivity (Wildman–Crippen MR) is 97.6 cm³/mol. The molecular weight excluding hydrogens is 355 g/mol. The topological polar surface area (TPSA) is 58.4 Å². The molecule has 0 aliphatic carbocycles. The molecule has 1 fully saturated rings. The van der Waals surface area contributed by atoms with Crippen LogP contribution < -0.4 is 0 Å². The van der Waals surface area contributed by atoms with Crippen LogP contribution in [0, 0.1) is 12.7 Å². The molecule has 0 amide bonds. The maximum Gasteiger partial charge on any atom is 0.246 e. The standard InChI is InChI=1S/C18H25FN4O2S/c1-13-7-8-15(19)18(10-13)26(24,25)23-9-5-6-17(23)16-11-14(12-21(2)3)22(4)20-16/h7-8,10-11,17H,5-6,9,12H2,1-4H3. The lowest BCUT2D eigenvalue weighted by Crippen LogP contribution is -2.31. The van der Waals surface area contributed by atoms with Crippen LogP contribution in [0.2, 0.25) is 0 Å². The highest BCUT2D eigenvalue weighted by Crippen LogP contribution is 2.37. The third-order valence-electron chi connectivity index (χ3n) is 4.69. The van der Waals surface area contributed by atoms with Gasteiger partial charge in [-0.05, 0) is 57.6 Å². The molecule has 2 heterocycles. The van der Waals surface area contributed by atoms with E-state index in [0.717, 1.165) is 24.4 Å². The summed E-state index contributed by atoms with van der Waals surface area (Å²) in [6.07, 6.45) is 1.42. The second kappa shape index (κ2) is 7.09. The molecule has 0 saturated carbocycles. The highest BCUT2D eigenvalue weighted by atomic mass is 32.2. The molecule has 26 heavy (non-hydrogen) atoms. The fourth-order valence-corrected chi connectivity index (χ4v) is 5.24.